The molecule has 1 atom stereocenters. The van der Waals surface area contributed by atoms with Gasteiger partial charge in [0.2, 0.25) is 0 Å². The van der Waals surface area contributed by atoms with Gasteiger partial charge in [0, 0.05) is 19.3 Å². The highest BCUT2D eigenvalue weighted by Crippen LogP contribution is 2.18. The molecular formula is C55H106O6. The monoisotopic (exact) mass is 863 g/mol. The number of hydrogen-bond donors (Lipinski definition) is 0. The lowest BCUT2D eigenvalue weighted by Gasteiger charge is -2.18. The van der Waals surface area contributed by atoms with E-state index in [0.717, 1.165) is 69.6 Å². The summed E-state index contributed by atoms with van der Waals surface area (Å²) >= 11 is 0. The van der Waals surface area contributed by atoms with Gasteiger partial charge < -0.3 is 14.2 Å². The summed E-state index contributed by atoms with van der Waals surface area (Å²) < 4.78 is 16.8. The first kappa shape index (κ1) is 59.4. The van der Waals surface area contributed by atoms with E-state index in [1.165, 1.54) is 193 Å². The maximum atomic E-state index is 12.8. The molecule has 6 nitrogen and oxygen atoms in total. The Hall–Kier alpha value is -1.59. The lowest BCUT2D eigenvalue weighted by atomic mass is 10.0. The Bertz CT molecular complexity index is 931. The van der Waals surface area contributed by atoms with Crippen molar-refractivity contribution < 1.29 is 28.6 Å². The van der Waals surface area contributed by atoms with Crippen molar-refractivity contribution in [2.24, 2.45) is 11.8 Å². The van der Waals surface area contributed by atoms with Gasteiger partial charge in [0.05, 0.1) is 0 Å². The first-order valence-corrected chi connectivity index (χ1v) is 27.2. The predicted molar refractivity (Wildman–Crippen MR) is 261 cm³/mol. The lowest BCUT2D eigenvalue weighted by molar-refractivity contribution is -0.167. The zero-order valence-electron chi connectivity index (χ0n) is 41.8. The lowest BCUT2D eigenvalue weighted by Crippen LogP contribution is -2.30. The van der Waals surface area contributed by atoms with Gasteiger partial charge in [-0.05, 0) is 31.1 Å². The van der Waals surface area contributed by atoms with Crippen molar-refractivity contribution >= 4 is 17.9 Å². The summed E-state index contributed by atoms with van der Waals surface area (Å²) in [4.78, 5) is 38.0. The van der Waals surface area contributed by atoms with Crippen molar-refractivity contribution in [1.29, 1.82) is 0 Å². The van der Waals surface area contributed by atoms with Gasteiger partial charge in [-0.25, -0.2) is 0 Å². The average molecular weight is 863 g/mol. The highest BCUT2D eigenvalue weighted by Gasteiger charge is 2.19. The SMILES string of the molecule is CCCCCCCCCCCCCCCCC(=O)OC[C@@H](COC(=O)CCCCCCCCCCCCCCCC(C)C)OC(=O)CCCCCCCCCCCCC(C)C. The van der Waals surface area contributed by atoms with Gasteiger partial charge in [0.1, 0.15) is 13.2 Å². The van der Waals surface area contributed by atoms with Crippen LogP contribution < -0.4 is 0 Å². The fraction of sp³-hybridized carbons (Fsp3) is 0.945. The van der Waals surface area contributed by atoms with Crippen molar-refractivity contribution in [3.8, 4) is 0 Å². The molecule has 0 aromatic carbocycles. The smallest absolute Gasteiger partial charge is 0.306 e. The molecule has 0 radical (unpaired) electrons. The zero-order chi connectivity index (χ0) is 44.7. The Kier molecular flexibility index (Phi) is 46.6. The first-order chi connectivity index (χ1) is 29.7. The molecule has 0 aliphatic heterocycles. The van der Waals surface area contributed by atoms with Crippen LogP contribution >= 0.6 is 0 Å². The molecule has 0 saturated carbocycles. The van der Waals surface area contributed by atoms with Gasteiger partial charge >= 0.3 is 17.9 Å². The number of esters is 3. The van der Waals surface area contributed by atoms with Crippen LogP contribution in [0.3, 0.4) is 0 Å². The van der Waals surface area contributed by atoms with Gasteiger partial charge in [-0.1, -0.05) is 266 Å². The molecule has 0 N–H and O–H groups in total. The normalized spacial score (nSPS) is 12.0. The molecule has 61 heavy (non-hydrogen) atoms. The molecule has 0 aromatic rings. The van der Waals surface area contributed by atoms with E-state index in [1.807, 2.05) is 0 Å². The number of rotatable bonds is 49. The Morgan fingerprint density at radius 1 is 0.311 bits per heavy atom. The van der Waals surface area contributed by atoms with Crippen molar-refractivity contribution in [3.63, 3.8) is 0 Å². The molecule has 6 heteroatoms. The van der Waals surface area contributed by atoms with Crippen molar-refractivity contribution in [2.75, 3.05) is 13.2 Å². The predicted octanol–water partition coefficient (Wildman–Crippen LogP) is 17.7. The molecule has 0 aromatic heterocycles. The number of carbonyl (C=O) groups is 3. The van der Waals surface area contributed by atoms with Gasteiger partial charge in [0.25, 0.3) is 0 Å². The van der Waals surface area contributed by atoms with Crippen LogP contribution in [0, 0.1) is 11.8 Å². The summed E-state index contributed by atoms with van der Waals surface area (Å²) in [6, 6.07) is 0. The Balaban J connectivity index is 4.30. The Labute approximate surface area is 380 Å². The topological polar surface area (TPSA) is 78.9 Å². The molecule has 0 fully saturated rings. The fourth-order valence-electron chi connectivity index (χ4n) is 8.34. The molecule has 0 unspecified atom stereocenters. The highest BCUT2D eigenvalue weighted by molar-refractivity contribution is 5.71. The van der Waals surface area contributed by atoms with E-state index < -0.39 is 6.10 Å². The molecule has 0 aliphatic rings. The first-order valence-electron chi connectivity index (χ1n) is 27.2. The molecule has 0 aliphatic carbocycles. The van der Waals surface area contributed by atoms with E-state index >= 15 is 0 Å². The van der Waals surface area contributed by atoms with Crippen LogP contribution in [0.2, 0.25) is 0 Å². The van der Waals surface area contributed by atoms with Crippen LogP contribution in [0.4, 0.5) is 0 Å². The third kappa shape index (κ3) is 49.3. The standard InChI is InChI=1S/C55H106O6/c1-6-7-8-9-10-11-12-13-16-19-25-30-35-40-45-53(56)59-48-52(61-55(58)47-42-37-32-27-22-21-24-29-34-39-44-51(4)5)49-60-54(57)46-41-36-31-26-20-17-14-15-18-23-28-33-38-43-50(2)3/h50-52H,6-49H2,1-5H3/t52-/m0/s1. The summed E-state index contributed by atoms with van der Waals surface area (Å²) in [7, 11) is 0. The van der Waals surface area contributed by atoms with Crippen LogP contribution in [0.5, 0.6) is 0 Å². The minimum atomic E-state index is -0.762. The third-order valence-corrected chi connectivity index (χ3v) is 12.5. The van der Waals surface area contributed by atoms with E-state index in [4.69, 9.17) is 14.2 Å². The molecule has 0 spiro atoms. The third-order valence-electron chi connectivity index (χ3n) is 12.5. The molecule has 362 valence electrons. The summed E-state index contributed by atoms with van der Waals surface area (Å²) in [5, 5.41) is 0. The van der Waals surface area contributed by atoms with Gasteiger partial charge in [-0.2, -0.15) is 0 Å². The number of carbonyl (C=O) groups excluding carboxylic acids is 3. The Morgan fingerprint density at radius 3 is 0.803 bits per heavy atom. The van der Waals surface area contributed by atoms with Crippen LogP contribution in [-0.4, -0.2) is 37.2 Å². The second kappa shape index (κ2) is 47.9. The second-order valence-corrected chi connectivity index (χ2v) is 19.8. The second-order valence-electron chi connectivity index (χ2n) is 19.8. The maximum Gasteiger partial charge on any atom is 0.306 e. The van der Waals surface area contributed by atoms with E-state index in [-0.39, 0.29) is 31.1 Å². The van der Waals surface area contributed by atoms with E-state index in [1.54, 1.807) is 0 Å². The summed E-state index contributed by atoms with van der Waals surface area (Å²) in [6.07, 6.45) is 49.4. The average Bonchev–Trinajstić information content (AvgIpc) is 3.23. The van der Waals surface area contributed by atoms with Crippen LogP contribution in [0.25, 0.3) is 0 Å². The van der Waals surface area contributed by atoms with Gasteiger partial charge in [-0.3, -0.25) is 14.4 Å². The molecule has 0 rings (SSSR count). The zero-order valence-corrected chi connectivity index (χ0v) is 41.8. The molecule has 0 saturated heterocycles. The van der Waals surface area contributed by atoms with Crippen molar-refractivity contribution in [1.82, 2.24) is 0 Å². The minimum Gasteiger partial charge on any atom is -0.462 e. The van der Waals surface area contributed by atoms with E-state index in [0.29, 0.717) is 19.3 Å². The van der Waals surface area contributed by atoms with Crippen LogP contribution in [0.15, 0.2) is 0 Å². The Morgan fingerprint density at radius 2 is 0.541 bits per heavy atom. The van der Waals surface area contributed by atoms with E-state index in [9.17, 15) is 14.4 Å². The molecule has 0 amide bonds. The molecule has 0 bridgehead atoms. The van der Waals surface area contributed by atoms with Gasteiger partial charge in [-0.15, -0.1) is 0 Å². The molecular weight excluding hydrogens is 757 g/mol. The fourth-order valence-corrected chi connectivity index (χ4v) is 8.34. The quantitative estimate of drug-likeness (QED) is 0.0344. The summed E-state index contributed by atoms with van der Waals surface area (Å²) in [5.74, 6) is 0.812. The number of unbranched alkanes of at least 4 members (excludes halogenated alkanes) is 34. The number of hydrogen-bond acceptors (Lipinski definition) is 6. The highest BCUT2D eigenvalue weighted by atomic mass is 16.6. The van der Waals surface area contributed by atoms with Gasteiger partial charge in [0.15, 0.2) is 6.10 Å². The van der Waals surface area contributed by atoms with Crippen molar-refractivity contribution in [2.45, 2.75) is 310 Å². The molecule has 0 heterocycles. The summed E-state index contributed by atoms with van der Waals surface area (Å²) in [5.41, 5.74) is 0. The number of ether oxygens (including phenoxy) is 3. The maximum absolute atomic E-state index is 12.8. The van der Waals surface area contributed by atoms with Crippen LogP contribution in [-0.2, 0) is 28.6 Å². The van der Waals surface area contributed by atoms with Crippen LogP contribution in [0.1, 0.15) is 304 Å². The summed E-state index contributed by atoms with van der Waals surface area (Å²) in [6.45, 7) is 11.4. The van der Waals surface area contributed by atoms with Crippen molar-refractivity contribution in [3.05, 3.63) is 0 Å². The largest absolute Gasteiger partial charge is 0.462 e. The van der Waals surface area contributed by atoms with E-state index in [2.05, 4.69) is 34.6 Å². The minimum absolute atomic E-state index is 0.0633.